The highest BCUT2D eigenvalue weighted by atomic mass is 35.5. The maximum atomic E-state index is 9.95. The smallest absolute Gasteiger partial charge is 0.223 e. The SMILES string of the molecule is Nc1nc(Cl)c2c(nnn2[C@@H]2O[C@H](CO)[C@@H](O)[C@H]2O)n1. The van der Waals surface area contributed by atoms with Crippen molar-refractivity contribution in [1.29, 1.82) is 0 Å². The molecule has 108 valence electrons. The van der Waals surface area contributed by atoms with Gasteiger partial charge in [0.25, 0.3) is 0 Å². The molecule has 20 heavy (non-hydrogen) atoms. The van der Waals surface area contributed by atoms with Crippen molar-refractivity contribution in [3.63, 3.8) is 0 Å². The first-order valence-corrected chi connectivity index (χ1v) is 6.07. The summed E-state index contributed by atoms with van der Waals surface area (Å²) in [5, 5.41) is 36.3. The second kappa shape index (κ2) is 4.75. The van der Waals surface area contributed by atoms with Gasteiger partial charge in [-0.2, -0.15) is 9.97 Å². The highest BCUT2D eigenvalue weighted by Gasteiger charge is 2.44. The van der Waals surface area contributed by atoms with Crippen LogP contribution >= 0.6 is 11.6 Å². The number of aliphatic hydroxyl groups excluding tert-OH is 3. The lowest BCUT2D eigenvalue weighted by atomic mass is 10.1. The molecule has 0 bridgehead atoms. The van der Waals surface area contributed by atoms with Crippen LogP contribution in [-0.2, 0) is 4.74 Å². The van der Waals surface area contributed by atoms with E-state index >= 15 is 0 Å². The Labute approximate surface area is 116 Å². The zero-order valence-corrected chi connectivity index (χ0v) is 10.7. The van der Waals surface area contributed by atoms with E-state index in [1.165, 1.54) is 0 Å². The van der Waals surface area contributed by atoms with Crippen molar-refractivity contribution in [2.24, 2.45) is 0 Å². The molecule has 11 heteroatoms. The molecule has 1 aliphatic rings. The first-order chi connectivity index (χ1) is 9.52. The van der Waals surface area contributed by atoms with E-state index in [0.717, 1.165) is 4.68 Å². The molecule has 3 heterocycles. The molecule has 2 aromatic heterocycles. The van der Waals surface area contributed by atoms with Crippen molar-refractivity contribution >= 4 is 28.7 Å². The number of aromatic nitrogens is 5. The lowest BCUT2D eigenvalue weighted by molar-refractivity contribution is -0.0572. The van der Waals surface area contributed by atoms with Crippen LogP contribution in [-0.4, -0.2) is 65.2 Å². The van der Waals surface area contributed by atoms with Gasteiger partial charge in [-0.25, -0.2) is 4.68 Å². The van der Waals surface area contributed by atoms with Gasteiger partial charge in [0.1, 0.15) is 23.8 Å². The van der Waals surface area contributed by atoms with E-state index in [9.17, 15) is 10.2 Å². The van der Waals surface area contributed by atoms with Crippen molar-refractivity contribution in [2.75, 3.05) is 12.3 Å². The molecule has 1 aliphatic heterocycles. The summed E-state index contributed by atoms with van der Waals surface area (Å²) in [4.78, 5) is 7.62. The molecule has 0 amide bonds. The molecule has 0 unspecified atom stereocenters. The molecule has 0 aromatic carbocycles. The minimum Gasteiger partial charge on any atom is -0.394 e. The summed E-state index contributed by atoms with van der Waals surface area (Å²) in [6, 6.07) is 0. The van der Waals surface area contributed by atoms with Crippen LogP contribution in [0.25, 0.3) is 11.2 Å². The van der Waals surface area contributed by atoms with Crippen LogP contribution in [0.2, 0.25) is 5.15 Å². The summed E-state index contributed by atoms with van der Waals surface area (Å²) in [6.07, 6.45) is -4.54. The predicted molar refractivity (Wildman–Crippen MR) is 65.5 cm³/mol. The lowest BCUT2D eigenvalue weighted by Crippen LogP contribution is -2.33. The normalized spacial score (nSPS) is 30.2. The second-order valence-corrected chi connectivity index (χ2v) is 4.67. The predicted octanol–water partition coefficient (Wildman–Crippen LogP) is -1.93. The zero-order chi connectivity index (χ0) is 14.4. The van der Waals surface area contributed by atoms with E-state index in [1.54, 1.807) is 0 Å². The zero-order valence-electron chi connectivity index (χ0n) is 9.96. The van der Waals surface area contributed by atoms with Gasteiger partial charge in [-0.15, -0.1) is 5.10 Å². The Morgan fingerprint density at radius 3 is 2.70 bits per heavy atom. The van der Waals surface area contributed by atoms with Gasteiger partial charge in [0.2, 0.25) is 11.6 Å². The Morgan fingerprint density at radius 1 is 1.30 bits per heavy atom. The molecular formula is C9H11ClN6O4. The third kappa shape index (κ3) is 1.89. The molecule has 1 fully saturated rings. The Kier molecular flexibility index (Phi) is 3.18. The standard InChI is InChI=1S/C9H11ClN6O4/c10-6-3-7(13-9(11)12-6)14-15-16(3)8-5(19)4(18)2(1-17)20-8/h2,4-5,8,17-19H,1H2,(H2,11,12,13)/t2-,4-,5-,8-/m1/s1. The van der Waals surface area contributed by atoms with Crippen LogP contribution in [0.5, 0.6) is 0 Å². The summed E-state index contributed by atoms with van der Waals surface area (Å²) in [7, 11) is 0. The highest BCUT2D eigenvalue weighted by molar-refractivity contribution is 6.33. The van der Waals surface area contributed by atoms with Gasteiger partial charge in [-0.3, -0.25) is 0 Å². The Morgan fingerprint density at radius 2 is 2.05 bits per heavy atom. The fourth-order valence-corrected chi connectivity index (χ4v) is 2.35. The summed E-state index contributed by atoms with van der Waals surface area (Å²) < 4.78 is 6.49. The van der Waals surface area contributed by atoms with E-state index in [4.69, 9.17) is 27.2 Å². The van der Waals surface area contributed by atoms with Crippen molar-refractivity contribution in [1.82, 2.24) is 25.0 Å². The molecule has 0 spiro atoms. The molecule has 2 aromatic rings. The number of nitrogen functional groups attached to an aromatic ring is 1. The third-order valence-electron chi connectivity index (χ3n) is 3.06. The molecule has 10 nitrogen and oxygen atoms in total. The topological polar surface area (TPSA) is 152 Å². The van der Waals surface area contributed by atoms with Gasteiger partial charge in [0.05, 0.1) is 6.61 Å². The summed E-state index contributed by atoms with van der Waals surface area (Å²) in [5.74, 6) is -0.0595. The number of nitrogens with two attached hydrogens (primary N) is 1. The molecular weight excluding hydrogens is 292 g/mol. The van der Waals surface area contributed by atoms with E-state index in [2.05, 4.69) is 20.3 Å². The molecule has 0 aliphatic carbocycles. The fourth-order valence-electron chi connectivity index (χ4n) is 2.09. The van der Waals surface area contributed by atoms with Gasteiger partial charge in [0, 0.05) is 0 Å². The second-order valence-electron chi connectivity index (χ2n) is 4.31. The maximum absolute atomic E-state index is 9.95. The summed E-state index contributed by atoms with van der Waals surface area (Å²) >= 11 is 5.96. The van der Waals surface area contributed by atoms with Gasteiger partial charge in [0.15, 0.2) is 11.4 Å². The van der Waals surface area contributed by atoms with Gasteiger partial charge in [-0.05, 0) is 0 Å². The van der Waals surface area contributed by atoms with Crippen LogP contribution < -0.4 is 5.73 Å². The fraction of sp³-hybridized carbons (Fsp3) is 0.556. The van der Waals surface area contributed by atoms with Crippen molar-refractivity contribution in [3.8, 4) is 0 Å². The number of aliphatic hydroxyl groups is 3. The average molecular weight is 303 g/mol. The minimum absolute atomic E-state index is 0.00441. The van der Waals surface area contributed by atoms with Crippen LogP contribution in [0, 0.1) is 0 Å². The van der Waals surface area contributed by atoms with Crippen LogP contribution in [0.3, 0.4) is 0 Å². The Balaban J connectivity index is 2.07. The van der Waals surface area contributed by atoms with Crippen molar-refractivity contribution in [2.45, 2.75) is 24.5 Å². The molecule has 0 saturated carbocycles. The van der Waals surface area contributed by atoms with Crippen LogP contribution in [0.1, 0.15) is 6.23 Å². The Bertz CT molecular complexity index is 651. The van der Waals surface area contributed by atoms with Gasteiger partial charge in [-0.1, -0.05) is 16.8 Å². The number of hydrogen-bond donors (Lipinski definition) is 4. The largest absolute Gasteiger partial charge is 0.394 e. The number of halogens is 1. The molecule has 1 saturated heterocycles. The van der Waals surface area contributed by atoms with Crippen LogP contribution in [0.15, 0.2) is 0 Å². The monoisotopic (exact) mass is 302 g/mol. The van der Waals surface area contributed by atoms with E-state index in [1.807, 2.05) is 0 Å². The summed E-state index contributed by atoms with van der Waals surface area (Å²) in [6.45, 7) is -0.446. The molecule has 0 radical (unpaired) electrons. The van der Waals surface area contributed by atoms with Crippen molar-refractivity contribution in [3.05, 3.63) is 5.15 Å². The van der Waals surface area contributed by atoms with Crippen LogP contribution in [0.4, 0.5) is 5.95 Å². The molecule has 3 rings (SSSR count). The molecule has 4 atom stereocenters. The van der Waals surface area contributed by atoms with Gasteiger partial charge < -0.3 is 25.8 Å². The number of rotatable bonds is 2. The summed E-state index contributed by atoms with van der Waals surface area (Å²) in [5.41, 5.74) is 5.80. The number of hydrogen-bond acceptors (Lipinski definition) is 9. The average Bonchev–Trinajstić information content (AvgIpc) is 2.93. The van der Waals surface area contributed by atoms with E-state index in [-0.39, 0.29) is 22.3 Å². The number of nitrogens with zero attached hydrogens (tertiary/aromatic N) is 5. The maximum Gasteiger partial charge on any atom is 0.223 e. The van der Waals surface area contributed by atoms with Gasteiger partial charge >= 0.3 is 0 Å². The van der Waals surface area contributed by atoms with Crippen molar-refractivity contribution < 1.29 is 20.1 Å². The molecule has 5 N–H and O–H groups in total. The van der Waals surface area contributed by atoms with E-state index < -0.39 is 31.1 Å². The highest BCUT2D eigenvalue weighted by Crippen LogP contribution is 2.32. The minimum atomic E-state index is -1.30. The number of anilines is 1. The number of fused-ring (bicyclic) bond motifs is 1. The number of ether oxygens (including phenoxy) is 1. The first kappa shape index (κ1) is 13.4. The van der Waals surface area contributed by atoms with E-state index in [0.29, 0.717) is 0 Å². The first-order valence-electron chi connectivity index (χ1n) is 5.69. The third-order valence-corrected chi connectivity index (χ3v) is 3.33. The Hall–Kier alpha value is -1.59. The lowest BCUT2D eigenvalue weighted by Gasteiger charge is -2.15. The quantitative estimate of drug-likeness (QED) is 0.464.